The highest BCUT2D eigenvalue weighted by Crippen LogP contribution is 2.25. The zero-order chi connectivity index (χ0) is 13.0. The molecule has 0 fully saturated rings. The largest absolute Gasteiger partial charge is 0.454 e. The normalized spacial score (nSPS) is 12.1. The number of fused-ring (bicyclic) bond motifs is 1. The predicted molar refractivity (Wildman–Crippen MR) is 73.3 cm³/mol. The van der Waals surface area contributed by atoms with E-state index < -0.39 is 0 Å². The molecule has 0 bridgehead atoms. The smallest absolute Gasteiger partial charge is 0.330 e. The van der Waals surface area contributed by atoms with Crippen LogP contribution in [0, 0.1) is 0 Å². The van der Waals surface area contributed by atoms with Crippen LogP contribution in [-0.2, 0) is 9.53 Å². The van der Waals surface area contributed by atoms with Crippen molar-refractivity contribution in [2.75, 3.05) is 0 Å². The number of hydrogen-bond acceptors (Lipinski definition) is 2. The molecule has 1 atom stereocenters. The summed E-state index contributed by atoms with van der Waals surface area (Å²) in [7, 11) is 0. The predicted octanol–water partition coefficient (Wildman–Crippen LogP) is 4.02. The fourth-order valence-electron chi connectivity index (χ4n) is 1.98. The molecule has 0 aliphatic heterocycles. The van der Waals surface area contributed by atoms with Gasteiger partial charge in [-0.1, -0.05) is 49.9 Å². The van der Waals surface area contributed by atoms with Crippen LogP contribution < -0.4 is 0 Å². The summed E-state index contributed by atoms with van der Waals surface area (Å²) < 4.78 is 5.33. The van der Waals surface area contributed by atoms with Crippen molar-refractivity contribution in [3.05, 3.63) is 60.7 Å². The van der Waals surface area contributed by atoms with Crippen molar-refractivity contribution in [2.45, 2.75) is 19.4 Å². The number of hydrogen-bond donors (Lipinski definition) is 0. The second kappa shape index (κ2) is 5.50. The van der Waals surface area contributed by atoms with Crippen LogP contribution in [0.3, 0.4) is 0 Å². The van der Waals surface area contributed by atoms with E-state index in [1.807, 2.05) is 25.1 Å². The van der Waals surface area contributed by atoms with E-state index in [0.717, 1.165) is 17.4 Å². The number of esters is 1. The van der Waals surface area contributed by atoms with Gasteiger partial charge in [-0.25, -0.2) is 4.79 Å². The monoisotopic (exact) mass is 240 g/mol. The van der Waals surface area contributed by atoms with Crippen LogP contribution >= 0.6 is 0 Å². The molecular weight excluding hydrogens is 224 g/mol. The van der Waals surface area contributed by atoms with E-state index in [1.165, 1.54) is 11.5 Å². The molecule has 1 unspecified atom stereocenters. The van der Waals surface area contributed by atoms with Gasteiger partial charge in [0.15, 0.2) is 0 Å². The average Bonchev–Trinajstić information content (AvgIpc) is 2.44. The summed E-state index contributed by atoms with van der Waals surface area (Å²) in [5, 5.41) is 2.34. The van der Waals surface area contributed by atoms with Crippen LogP contribution in [0.15, 0.2) is 55.1 Å². The zero-order valence-electron chi connectivity index (χ0n) is 10.4. The van der Waals surface area contributed by atoms with Crippen LogP contribution in [-0.4, -0.2) is 5.97 Å². The Morgan fingerprint density at radius 2 is 2.00 bits per heavy atom. The maximum atomic E-state index is 11.3. The van der Waals surface area contributed by atoms with Crippen molar-refractivity contribution in [3.63, 3.8) is 0 Å². The van der Waals surface area contributed by atoms with Gasteiger partial charge in [0.25, 0.3) is 0 Å². The van der Waals surface area contributed by atoms with Crippen molar-refractivity contribution in [1.82, 2.24) is 0 Å². The number of ether oxygens (including phenoxy) is 1. The third kappa shape index (κ3) is 2.59. The summed E-state index contributed by atoms with van der Waals surface area (Å²) in [5.74, 6) is -0.380. The molecule has 2 aromatic rings. The van der Waals surface area contributed by atoms with Crippen molar-refractivity contribution in [2.24, 2.45) is 0 Å². The number of carbonyl (C=O) groups excluding carboxylic acids is 1. The number of rotatable bonds is 4. The lowest BCUT2D eigenvalue weighted by atomic mass is 10.0. The Labute approximate surface area is 107 Å². The van der Waals surface area contributed by atoms with E-state index in [2.05, 4.69) is 30.8 Å². The maximum absolute atomic E-state index is 11.3. The van der Waals surface area contributed by atoms with Crippen LogP contribution in [0.2, 0.25) is 0 Å². The highest BCUT2D eigenvalue weighted by atomic mass is 16.5. The van der Waals surface area contributed by atoms with Gasteiger partial charge >= 0.3 is 5.97 Å². The molecule has 0 spiro atoms. The minimum atomic E-state index is -0.380. The lowest BCUT2D eigenvalue weighted by Crippen LogP contribution is -2.08. The number of carbonyl (C=O) groups is 1. The summed E-state index contributed by atoms with van der Waals surface area (Å²) in [5.41, 5.74) is 1.02. The molecule has 0 saturated heterocycles. The van der Waals surface area contributed by atoms with Gasteiger partial charge in [0.05, 0.1) is 0 Å². The molecule has 0 aliphatic rings. The van der Waals surface area contributed by atoms with Crippen LogP contribution in [0.25, 0.3) is 10.8 Å². The van der Waals surface area contributed by atoms with Crippen molar-refractivity contribution < 1.29 is 9.53 Å². The van der Waals surface area contributed by atoms with Crippen LogP contribution in [0.1, 0.15) is 25.0 Å². The quantitative estimate of drug-likeness (QED) is 0.596. The van der Waals surface area contributed by atoms with Crippen molar-refractivity contribution >= 4 is 16.7 Å². The van der Waals surface area contributed by atoms with Crippen LogP contribution in [0.4, 0.5) is 0 Å². The molecule has 0 heterocycles. The minimum absolute atomic E-state index is 0.208. The summed E-state index contributed by atoms with van der Waals surface area (Å²) in [4.78, 5) is 11.3. The highest BCUT2D eigenvalue weighted by molar-refractivity contribution is 5.84. The van der Waals surface area contributed by atoms with Gasteiger partial charge in [0.1, 0.15) is 6.10 Å². The SMILES string of the molecule is C=CC(=O)OC(CC)c1ccc2ccccc2c1. The topological polar surface area (TPSA) is 26.3 Å². The van der Waals surface area contributed by atoms with E-state index in [1.54, 1.807) is 0 Å². The Hall–Kier alpha value is -2.09. The molecule has 0 radical (unpaired) electrons. The van der Waals surface area contributed by atoms with Gasteiger partial charge < -0.3 is 4.74 Å². The molecule has 0 saturated carbocycles. The molecule has 2 rings (SSSR count). The summed E-state index contributed by atoms with van der Waals surface area (Å²) in [6.45, 7) is 5.41. The second-order valence-corrected chi connectivity index (χ2v) is 4.14. The Bertz CT molecular complexity index is 572. The second-order valence-electron chi connectivity index (χ2n) is 4.14. The van der Waals surface area contributed by atoms with Gasteiger partial charge in [-0.05, 0) is 28.8 Å². The van der Waals surface area contributed by atoms with Crippen molar-refractivity contribution in [3.8, 4) is 0 Å². The summed E-state index contributed by atoms with van der Waals surface area (Å²) >= 11 is 0. The van der Waals surface area contributed by atoms with Gasteiger partial charge in [0.2, 0.25) is 0 Å². The van der Waals surface area contributed by atoms with Gasteiger partial charge in [0, 0.05) is 6.08 Å². The average molecular weight is 240 g/mol. The lowest BCUT2D eigenvalue weighted by Gasteiger charge is -2.16. The fourth-order valence-corrected chi connectivity index (χ4v) is 1.98. The van der Waals surface area contributed by atoms with Gasteiger partial charge in [-0.2, -0.15) is 0 Å². The molecular formula is C16H16O2. The van der Waals surface area contributed by atoms with E-state index in [-0.39, 0.29) is 12.1 Å². The molecule has 0 amide bonds. The highest BCUT2D eigenvalue weighted by Gasteiger charge is 2.13. The fraction of sp³-hybridized carbons (Fsp3) is 0.188. The Morgan fingerprint density at radius 3 is 2.67 bits per heavy atom. The first kappa shape index (κ1) is 12.4. The Morgan fingerprint density at radius 1 is 1.28 bits per heavy atom. The summed E-state index contributed by atoms with van der Waals surface area (Å²) in [6, 6.07) is 14.3. The van der Waals surface area contributed by atoms with E-state index in [0.29, 0.717) is 0 Å². The van der Waals surface area contributed by atoms with E-state index in [9.17, 15) is 4.79 Å². The van der Waals surface area contributed by atoms with Gasteiger partial charge in [-0.15, -0.1) is 0 Å². The first-order valence-electron chi connectivity index (χ1n) is 6.06. The molecule has 2 nitrogen and oxygen atoms in total. The molecule has 2 heteroatoms. The first-order valence-corrected chi connectivity index (χ1v) is 6.06. The molecule has 2 aromatic carbocycles. The molecule has 0 aromatic heterocycles. The van der Waals surface area contributed by atoms with E-state index in [4.69, 9.17) is 4.74 Å². The third-order valence-electron chi connectivity index (χ3n) is 2.94. The minimum Gasteiger partial charge on any atom is -0.454 e. The van der Waals surface area contributed by atoms with E-state index >= 15 is 0 Å². The first-order chi connectivity index (χ1) is 8.74. The lowest BCUT2D eigenvalue weighted by molar-refractivity contribution is -0.143. The standard InChI is InChI=1S/C16H16O2/c1-3-15(18-16(17)4-2)14-10-9-12-7-5-6-8-13(12)11-14/h4-11,15H,2-3H2,1H3. The third-order valence-corrected chi connectivity index (χ3v) is 2.94. The molecule has 18 heavy (non-hydrogen) atoms. The van der Waals surface area contributed by atoms with Gasteiger partial charge in [-0.3, -0.25) is 0 Å². The number of benzene rings is 2. The van der Waals surface area contributed by atoms with Crippen molar-refractivity contribution in [1.29, 1.82) is 0 Å². The Balaban J connectivity index is 2.33. The zero-order valence-corrected chi connectivity index (χ0v) is 10.4. The molecule has 92 valence electrons. The summed E-state index contributed by atoms with van der Waals surface area (Å²) in [6.07, 6.45) is 1.74. The maximum Gasteiger partial charge on any atom is 0.330 e. The molecule has 0 aliphatic carbocycles. The Kier molecular flexibility index (Phi) is 3.78. The van der Waals surface area contributed by atoms with Crippen LogP contribution in [0.5, 0.6) is 0 Å². The molecule has 0 N–H and O–H groups in total.